The number of esters is 1. The van der Waals surface area contributed by atoms with E-state index in [9.17, 15) is 14.3 Å². The summed E-state index contributed by atoms with van der Waals surface area (Å²) in [4.78, 5) is 14.0. The van der Waals surface area contributed by atoms with Crippen LogP contribution in [0.3, 0.4) is 0 Å². The van der Waals surface area contributed by atoms with Crippen molar-refractivity contribution in [1.29, 1.82) is 0 Å². The summed E-state index contributed by atoms with van der Waals surface area (Å²) in [6.45, 7) is 3.08. The lowest BCUT2D eigenvalue weighted by molar-refractivity contribution is -0.147. The number of nitrogens with one attached hydrogen (secondary N) is 1. The van der Waals surface area contributed by atoms with E-state index in [1.807, 2.05) is 4.90 Å². The molecule has 0 radical (unpaired) electrons. The highest BCUT2D eigenvalue weighted by atomic mass is 19.1. The summed E-state index contributed by atoms with van der Waals surface area (Å²) in [5, 5.41) is 12.5. The van der Waals surface area contributed by atoms with Crippen molar-refractivity contribution in [3.8, 4) is 5.75 Å². The summed E-state index contributed by atoms with van der Waals surface area (Å²) in [6, 6.07) is 3.36. The van der Waals surface area contributed by atoms with Gasteiger partial charge in [-0.1, -0.05) is 6.07 Å². The number of hydrogen-bond acceptors (Lipinski definition) is 5. The fraction of sp³-hybridized carbons (Fsp3) is 0.500. The predicted molar refractivity (Wildman–Crippen MR) is 71.9 cm³/mol. The lowest BCUT2D eigenvalue weighted by atomic mass is 10.0. The Morgan fingerprint density at radius 1 is 1.45 bits per heavy atom. The topological polar surface area (TPSA) is 61.8 Å². The first-order valence-corrected chi connectivity index (χ1v) is 6.64. The molecule has 0 amide bonds. The standard InChI is InChI=1S/C14H19FN2O3/c1-20-14(19)13(17-7-2-5-16-6-8-17)10-3-4-12(18)11(15)9-10/h3-4,9,13,16,18H,2,5-8H2,1H3. The third-order valence-electron chi connectivity index (χ3n) is 3.45. The van der Waals surface area contributed by atoms with E-state index in [1.54, 1.807) is 6.07 Å². The Bertz CT molecular complexity index is 473. The molecule has 110 valence electrons. The normalized spacial score (nSPS) is 18.3. The maximum Gasteiger partial charge on any atom is 0.327 e. The minimum atomic E-state index is -0.732. The van der Waals surface area contributed by atoms with Gasteiger partial charge in [0.25, 0.3) is 0 Å². The van der Waals surface area contributed by atoms with Crippen LogP contribution in [0, 0.1) is 5.82 Å². The van der Waals surface area contributed by atoms with Gasteiger partial charge in [-0.05, 0) is 30.7 Å². The maximum absolute atomic E-state index is 13.5. The first kappa shape index (κ1) is 14.7. The van der Waals surface area contributed by atoms with Crippen LogP contribution in [0.1, 0.15) is 18.0 Å². The van der Waals surface area contributed by atoms with E-state index in [0.717, 1.165) is 26.1 Å². The van der Waals surface area contributed by atoms with Crippen molar-refractivity contribution in [2.24, 2.45) is 0 Å². The highest BCUT2D eigenvalue weighted by Crippen LogP contribution is 2.26. The molecule has 0 aromatic heterocycles. The van der Waals surface area contributed by atoms with Crippen molar-refractivity contribution in [1.82, 2.24) is 10.2 Å². The monoisotopic (exact) mass is 282 g/mol. The second-order valence-electron chi connectivity index (χ2n) is 4.78. The number of carbonyl (C=O) groups excluding carboxylic acids is 1. The SMILES string of the molecule is COC(=O)C(c1ccc(O)c(F)c1)N1CCCNCC1. The number of phenols is 1. The molecule has 1 heterocycles. The number of hydrogen-bond donors (Lipinski definition) is 2. The van der Waals surface area contributed by atoms with Gasteiger partial charge < -0.3 is 15.2 Å². The zero-order chi connectivity index (χ0) is 14.5. The van der Waals surface area contributed by atoms with Crippen LogP contribution < -0.4 is 5.32 Å². The Hall–Kier alpha value is -1.66. The van der Waals surface area contributed by atoms with E-state index in [0.29, 0.717) is 12.1 Å². The van der Waals surface area contributed by atoms with Crippen molar-refractivity contribution >= 4 is 5.97 Å². The first-order valence-electron chi connectivity index (χ1n) is 6.64. The Balaban J connectivity index is 2.30. The molecule has 1 unspecified atom stereocenters. The molecule has 1 aromatic rings. The van der Waals surface area contributed by atoms with Gasteiger partial charge >= 0.3 is 5.97 Å². The molecule has 6 heteroatoms. The van der Waals surface area contributed by atoms with Crippen LogP contribution in [0.15, 0.2) is 18.2 Å². The number of carbonyl (C=O) groups is 1. The Morgan fingerprint density at radius 3 is 2.95 bits per heavy atom. The molecule has 1 fully saturated rings. The molecule has 1 aliphatic heterocycles. The molecule has 1 aromatic carbocycles. The van der Waals surface area contributed by atoms with Crippen LogP contribution in [-0.2, 0) is 9.53 Å². The largest absolute Gasteiger partial charge is 0.505 e. The molecular formula is C14H19FN2O3. The van der Waals surface area contributed by atoms with Gasteiger partial charge in [0.1, 0.15) is 6.04 Å². The average molecular weight is 282 g/mol. The Labute approximate surface area is 117 Å². The zero-order valence-corrected chi connectivity index (χ0v) is 11.4. The third kappa shape index (κ3) is 3.26. The number of nitrogens with zero attached hydrogens (tertiary/aromatic N) is 1. The molecule has 0 saturated carbocycles. The van der Waals surface area contributed by atoms with Gasteiger partial charge in [-0.2, -0.15) is 0 Å². The van der Waals surface area contributed by atoms with Crippen LogP contribution in [0.5, 0.6) is 5.75 Å². The number of phenolic OH excluding ortho intramolecular Hbond substituents is 1. The van der Waals surface area contributed by atoms with Gasteiger partial charge in [0.2, 0.25) is 0 Å². The van der Waals surface area contributed by atoms with Crippen LogP contribution in [0.25, 0.3) is 0 Å². The second kappa shape index (κ2) is 6.67. The van der Waals surface area contributed by atoms with Gasteiger partial charge in [-0.15, -0.1) is 0 Å². The Morgan fingerprint density at radius 2 is 2.25 bits per heavy atom. The van der Waals surface area contributed by atoms with E-state index in [2.05, 4.69) is 5.32 Å². The predicted octanol–water partition coefficient (Wildman–Crippen LogP) is 1.04. The van der Waals surface area contributed by atoms with Crippen molar-refractivity contribution in [3.05, 3.63) is 29.6 Å². The minimum absolute atomic E-state index is 0.419. The molecule has 2 rings (SSSR count). The van der Waals surface area contributed by atoms with Crippen molar-refractivity contribution in [2.75, 3.05) is 33.3 Å². The minimum Gasteiger partial charge on any atom is -0.505 e. The number of methoxy groups -OCH3 is 1. The molecule has 2 N–H and O–H groups in total. The highest BCUT2D eigenvalue weighted by Gasteiger charge is 2.29. The smallest absolute Gasteiger partial charge is 0.327 e. The summed E-state index contributed by atoms with van der Waals surface area (Å²) in [6.07, 6.45) is 0.911. The summed E-state index contributed by atoms with van der Waals surface area (Å²) in [5.74, 6) is -1.57. The first-order chi connectivity index (χ1) is 9.63. The molecule has 1 aliphatic rings. The molecule has 1 saturated heterocycles. The van der Waals surface area contributed by atoms with Crippen molar-refractivity contribution in [2.45, 2.75) is 12.5 Å². The highest BCUT2D eigenvalue weighted by molar-refractivity contribution is 5.77. The quantitative estimate of drug-likeness (QED) is 0.811. The van der Waals surface area contributed by atoms with Crippen LogP contribution in [-0.4, -0.2) is 49.3 Å². The summed E-state index contributed by atoms with van der Waals surface area (Å²) < 4.78 is 18.4. The molecule has 1 atom stereocenters. The van der Waals surface area contributed by atoms with E-state index in [1.165, 1.54) is 19.2 Å². The molecule has 5 nitrogen and oxygen atoms in total. The average Bonchev–Trinajstić information content (AvgIpc) is 2.72. The molecule has 0 bridgehead atoms. The van der Waals surface area contributed by atoms with Gasteiger partial charge in [0.05, 0.1) is 7.11 Å². The number of benzene rings is 1. The van der Waals surface area contributed by atoms with Gasteiger partial charge in [-0.3, -0.25) is 4.90 Å². The van der Waals surface area contributed by atoms with Crippen LogP contribution in [0.2, 0.25) is 0 Å². The van der Waals surface area contributed by atoms with Crippen molar-refractivity contribution in [3.63, 3.8) is 0 Å². The fourth-order valence-corrected chi connectivity index (χ4v) is 2.43. The maximum atomic E-state index is 13.5. The number of halogens is 1. The molecular weight excluding hydrogens is 263 g/mol. The summed E-state index contributed by atoms with van der Waals surface area (Å²) in [7, 11) is 1.32. The zero-order valence-electron chi connectivity index (χ0n) is 11.4. The molecule has 0 aliphatic carbocycles. The fourth-order valence-electron chi connectivity index (χ4n) is 2.43. The second-order valence-corrected chi connectivity index (χ2v) is 4.78. The number of rotatable bonds is 3. The van der Waals surface area contributed by atoms with Gasteiger partial charge in [0.15, 0.2) is 11.6 Å². The number of ether oxygens (including phenoxy) is 1. The Kier molecular flexibility index (Phi) is 4.92. The molecule has 0 spiro atoms. The van der Waals surface area contributed by atoms with E-state index in [4.69, 9.17) is 4.74 Å². The third-order valence-corrected chi connectivity index (χ3v) is 3.45. The van der Waals surface area contributed by atoms with E-state index in [-0.39, 0.29) is 0 Å². The lowest BCUT2D eigenvalue weighted by Gasteiger charge is -2.28. The molecule has 20 heavy (non-hydrogen) atoms. The van der Waals surface area contributed by atoms with E-state index >= 15 is 0 Å². The lowest BCUT2D eigenvalue weighted by Crippen LogP contribution is -2.37. The van der Waals surface area contributed by atoms with Gasteiger partial charge in [-0.25, -0.2) is 9.18 Å². The summed E-state index contributed by atoms with van der Waals surface area (Å²) in [5.41, 5.74) is 0.494. The van der Waals surface area contributed by atoms with Gasteiger partial charge in [0, 0.05) is 19.6 Å². The van der Waals surface area contributed by atoms with E-state index < -0.39 is 23.6 Å². The summed E-state index contributed by atoms with van der Waals surface area (Å²) >= 11 is 0. The van der Waals surface area contributed by atoms with Crippen LogP contribution >= 0.6 is 0 Å². The number of aromatic hydroxyl groups is 1. The van der Waals surface area contributed by atoms with Crippen LogP contribution in [0.4, 0.5) is 4.39 Å². The van der Waals surface area contributed by atoms with Crippen molar-refractivity contribution < 1.29 is 19.0 Å².